The lowest BCUT2D eigenvalue weighted by Gasteiger charge is -2.26. The van der Waals surface area contributed by atoms with Crippen LogP contribution in [0.2, 0.25) is 0 Å². The molecule has 0 amide bonds. The second-order valence-corrected chi connectivity index (χ2v) is 5.24. The Kier molecular flexibility index (Phi) is 2.91. The summed E-state index contributed by atoms with van der Waals surface area (Å²) in [4.78, 5) is 10.9. The van der Waals surface area contributed by atoms with Gasteiger partial charge < -0.3 is 5.11 Å². The van der Waals surface area contributed by atoms with Crippen LogP contribution >= 0.6 is 11.6 Å². The number of halogens is 1. The highest BCUT2D eigenvalue weighted by molar-refractivity contribution is 6.17. The maximum atomic E-state index is 10.9. The Bertz CT molecular complexity index is 207. The first-order valence-corrected chi connectivity index (χ1v) is 5.25. The van der Waals surface area contributed by atoms with Crippen molar-refractivity contribution in [3.63, 3.8) is 0 Å². The summed E-state index contributed by atoms with van der Waals surface area (Å²) in [5, 5.41) is 9.00. The smallest absolute Gasteiger partial charge is 0.309 e. The Morgan fingerprint density at radius 2 is 2.08 bits per heavy atom. The van der Waals surface area contributed by atoms with E-state index in [0.717, 1.165) is 25.7 Å². The van der Waals surface area contributed by atoms with Crippen LogP contribution in [0.4, 0.5) is 0 Å². The highest BCUT2D eigenvalue weighted by atomic mass is 35.5. The van der Waals surface area contributed by atoms with E-state index in [2.05, 4.69) is 13.8 Å². The molecule has 1 N–H and O–H groups in total. The monoisotopic (exact) mass is 204 g/mol. The van der Waals surface area contributed by atoms with Crippen LogP contribution < -0.4 is 0 Å². The molecule has 0 aromatic heterocycles. The van der Waals surface area contributed by atoms with Crippen LogP contribution in [0.1, 0.15) is 39.5 Å². The number of carboxylic acid groups (broad SMARTS) is 1. The Morgan fingerprint density at radius 1 is 1.54 bits per heavy atom. The summed E-state index contributed by atoms with van der Waals surface area (Å²) in [5.74, 6) is -0.0157. The molecule has 1 aliphatic carbocycles. The molecule has 0 aromatic carbocycles. The topological polar surface area (TPSA) is 37.3 Å². The van der Waals surface area contributed by atoms with E-state index >= 15 is 0 Å². The van der Waals surface area contributed by atoms with Gasteiger partial charge in [-0.15, -0.1) is 11.6 Å². The average Bonchev–Trinajstić information content (AvgIpc) is 2.67. The summed E-state index contributed by atoms with van der Waals surface area (Å²) in [6.45, 7) is 4.19. The van der Waals surface area contributed by atoms with E-state index < -0.39 is 11.4 Å². The van der Waals surface area contributed by atoms with Gasteiger partial charge in [0.1, 0.15) is 0 Å². The molecular formula is C10H17ClO2. The van der Waals surface area contributed by atoms with E-state index in [0.29, 0.717) is 5.88 Å². The fraction of sp³-hybridized carbons (Fsp3) is 0.900. The maximum Gasteiger partial charge on any atom is 0.309 e. The average molecular weight is 205 g/mol. The zero-order valence-electron chi connectivity index (χ0n) is 8.27. The van der Waals surface area contributed by atoms with Gasteiger partial charge in [0.05, 0.1) is 5.41 Å². The van der Waals surface area contributed by atoms with Crippen molar-refractivity contribution in [1.82, 2.24) is 0 Å². The summed E-state index contributed by atoms with van der Waals surface area (Å²) in [6, 6.07) is 0. The summed E-state index contributed by atoms with van der Waals surface area (Å²) in [5.41, 5.74) is -0.341. The molecule has 0 spiro atoms. The minimum atomic E-state index is -0.629. The molecule has 0 bridgehead atoms. The Labute approximate surface area is 84.3 Å². The molecule has 1 fully saturated rings. The Hall–Kier alpha value is -0.240. The fourth-order valence-corrected chi connectivity index (χ4v) is 2.39. The van der Waals surface area contributed by atoms with Crippen LogP contribution in [0.5, 0.6) is 0 Å². The number of hydrogen-bond acceptors (Lipinski definition) is 1. The summed E-state index contributed by atoms with van der Waals surface area (Å²) < 4.78 is 0. The molecule has 1 rings (SSSR count). The van der Waals surface area contributed by atoms with Crippen molar-refractivity contribution in [2.24, 2.45) is 10.8 Å². The van der Waals surface area contributed by atoms with Gasteiger partial charge in [-0.25, -0.2) is 0 Å². The molecule has 0 saturated heterocycles. The van der Waals surface area contributed by atoms with E-state index in [-0.39, 0.29) is 5.41 Å². The highest BCUT2D eigenvalue weighted by Crippen LogP contribution is 2.54. The Morgan fingerprint density at radius 3 is 2.38 bits per heavy atom. The van der Waals surface area contributed by atoms with Gasteiger partial charge in [-0.2, -0.15) is 0 Å². The van der Waals surface area contributed by atoms with E-state index in [1.807, 2.05) is 0 Å². The molecule has 0 aliphatic heterocycles. The molecule has 13 heavy (non-hydrogen) atoms. The third kappa shape index (κ3) is 2.60. The van der Waals surface area contributed by atoms with Crippen LogP contribution in [0.25, 0.3) is 0 Å². The molecular weight excluding hydrogens is 188 g/mol. The van der Waals surface area contributed by atoms with Crippen LogP contribution in [0, 0.1) is 10.8 Å². The summed E-state index contributed by atoms with van der Waals surface area (Å²) in [6.07, 6.45) is 3.34. The zero-order chi connectivity index (χ0) is 10.1. The molecule has 0 heterocycles. The molecule has 0 unspecified atom stereocenters. The summed E-state index contributed by atoms with van der Waals surface area (Å²) >= 11 is 5.67. The standard InChI is InChI=1S/C10H17ClO2/c1-9(2,5-6-11)7-10(3-4-10)8(12)13/h3-7H2,1-2H3,(H,12,13). The van der Waals surface area contributed by atoms with Crippen molar-refractivity contribution in [3.8, 4) is 0 Å². The number of alkyl halides is 1. The molecule has 3 heteroatoms. The van der Waals surface area contributed by atoms with Gasteiger partial charge >= 0.3 is 5.97 Å². The second kappa shape index (κ2) is 3.49. The highest BCUT2D eigenvalue weighted by Gasteiger charge is 2.52. The second-order valence-electron chi connectivity index (χ2n) is 4.87. The predicted octanol–water partition coefficient (Wildman–Crippen LogP) is 2.90. The van der Waals surface area contributed by atoms with Crippen molar-refractivity contribution in [2.45, 2.75) is 39.5 Å². The normalized spacial score (nSPS) is 19.9. The number of rotatable bonds is 5. The van der Waals surface area contributed by atoms with Crippen molar-refractivity contribution >= 4 is 17.6 Å². The van der Waals surface area contributed by atoms with Gasteiger partial charge in [-0.3, -0.25) is 4.79 Å². The minimum absolute atomic E-state index is 0.0661. The molecule has 1 aliphatic rings. The van der Waals surface area contributed by atoms with Crippen molar-refractivity contribution in [1.29, 1.82) is 0 Å². The van der Waals surface area contributed by atoms with E-state index in [4.69, 9.17) is 16.7 Å². The Balaban J connectivity index is 2.52. The first-order chi connectivity index (χ1) is 5.92. The van der Waals surface area contributed by atoms with Crippen LogP contribution in [-0.2, 0) is 4.79 Å². The van der Waals surface area contributed by atoms with Crippen molar-refractivity contribution in [2.75, 3.05) is 5.88 Å². The van der Waals surface area contributed by atoms with Crippen LogP contribution in [-0.4, -0.2) is 17.0 Å². The molecule has 0 atom stereocenters. The molecule has 76 valence electrons. The van der Waals surface area contributed by atoms with E-state index in [1.165, 1.54) is 0 Å². The van der Waals surface area contributed by atoms with Gasteiger partial charge in [0.2, 0.25) is 0 Å². The van der Waals surface area contributed by atoms with Gasteiger partial charge in [-0.1, -0.05) is 13.8 Å². The largest absolute Gasteiger partial charge is 0.481 e. The first-order valence-electron chi connectivity index (χ1n) is 4.71. The maximum absolute atomic E-state index is 10.9. The fourth-order valence-electron chi connectivity index (χ4n) is 1.88. The minimum Gasteiger partial charge on any atom is -0.481 e. The van der Waals surface area contributed by atoms with E-state index in [9.17, 15) is 4.79 Å². The molecule has 0 radical (unpaired) electrons. The number of aliphatic carboxylic acids is 1. The predicted molar refractivity (Wildman–Crippen MR) is 53.0 cm³/mol. The van der Waals surface area contributed by atoms with Gasteiger partial charge in [-0.05, 0) is 31.1 Å². The number of hydrogen-bond donors (Lipinski definition) is 1. The molecule has 2 nitrogen and oxygen atoms in total. The van der Waals surface area contributed by atoms with Crippen molar-refractivity contribution < 1.29 is 9.90 Å². The molecule has 0 aromatic rings. The lowest BCUT2D eigenvalue weighted by atomic mass is 9.79. The van der Waals surface area contributed by atoms with Crippen LogP contribution in [0.15, 0.2) is 0 Å². The lowest BCUT2D eigenvalue weighted by molar-refractivity contribution is -0.144. The van der Waals surface area contributed by atoms with Crippen LogP contribution in [0.3, 0.4) is 0 Å². The summed E-state index contributed by atoms with van der Waals surface area (Å²) in [7, 11) is 0. The van der Waals surface area contributed by atoms with E-state index in [1.54, 1.807) is 0 Å². The molecule has 1 saturated carbocycles. The SMILES string of the molecule is CC(C)(CCCl)CC1(C(=O)O)CC1. The number of carboxylic acids is 1. The number of carbonyl (C=O) groups is 1. The zero-order valence-corrected chi connectivity index (χ0v) is 9.02. The van der Waals surface area contributed by atoms with Gasteiger partial charge in [0.25, 0.3) is 0 Å². The quantitative estimate of drug-likeness (QED) is 0.700. The third-order valence-electron chi connectivity index (χ3n) is 2.90. The first kappa shape index (κ1) is 10.8. The van der Waals surface area contributed by atoms with Crippen molar-refractivity contribution in [3.05, 3.63) is 0 Å². The van der Waals surface area contributed by atoms with Gasteiger partial charge in [0, 0.05) is 5.88 Å². The third-order valence-corrected chi connectivity index (χ3v) is 3.08. The van der Waals surface area contributed by atoms with Gasteiger partial charge in [0.15, 0.2) is 0 Å². The lowest BCUT2D eigenvalue weighted by Crippen LogP contribution is -2.24.